The van der Waals surface area contributed by atoms with E-state index in [0.29, 0.717) is 18.6 Å². The summed E-state index contributed by atoms with van der Waals surface area (Å²) >= 11 is 0. The Morgan fingerprint density at radius 2 is 2.00 bits per heavy atom. The van der Waals surface area contributed by atoms with E-state index in [1.165, 1.54) is 19.4 Å². The first-order valence-corrected chi connectivity index (χ1v) is 8.39. The minimum Gasteiger partial charge on any atom is -0.396 e. The van der Waals surface area contributed by atoms with Gasteiger partial charge in [0.15, 0.2) is 0 Å². The van der Waals surface area contributed by atoms with Gasteiger partial charge in [-0.1, -0.05) is 20.3 Å². The lowest BCUT2D eigenvalue weighted by Crippen LogP contribution is -2.61. The van der Waals surface area contributed by atoms with Gasteiger partial charge in [-0.25, -0.2) is 0 Å². The van der Waals surface area contributed by atoms with Crippen molar-refractivity contribution in [1.29, 1.82) is 0 Å². The maximum absolute atomic E-state index is 9.48. The van der Waals surface area contributed by atoms with Gasteiger partial charge in [-0.3, -0.25) is 0 Å². The van der Waals surface area contributed by atoms with Crippen molar-refractivity contribution in [2.24, 2.45) is 17.6 Å². The van der Waals surface area contributed by atoms with Crippen LogP contribution in [-0.2, 0) is 0 Å². The average molecular weight is 283 g/mol. The van der Waals surface area contributed by atoms with E-state index in [9.17, 15) is 5.11 Å². The minimum absolute atomic E-state index is 0.107. The van der Waals surface area contributed by atoms with Crippen LogP contribution in [0, 0.1) is 11.8 Å². The van der Waals surface area contributed by atoms with Gasteiger partial charge in [0, 0.05) is 31.3 Å². The summed E-state index contributed by atoms with van der Waals surface area (Å²) in [5, 5.41) is 13.3. The van der Waals surface area contributed by atoms with Gasteiger partial charge in [0.2, 0.25) is 0 Å². The molecule has 0 bridgehead atoms. The molecule has 1 aliphatic carbocycles. The summed E-state index contributed by atoms with van der Waals surface area (Å²) in [7, 11) is 0. The number of aliphatic hydroxyl groups is 1. The predicted molar refractivity (Wildman–Crippen MR) is 83.6 cm³/mol. The lowest BCUT2D eigenvalue weighted by atomic mass is 9.85. The monoisotopic (exact) mass is 283 g/mol. The van der Waals surface area contributed by atoms with Crippen molar-refractivity contribution >= 4 is 0 Å². The summed E-state index contributed by atoms with van der Waals surface area (Å²) in [4.78, 5) is 2.57. The molecule has 0 amide bonds. The van der Waals surface area contributed by atoms with E-state index in [4.69, 9.17) is 5.73 Å². The molecule has 0 aromatic rings. The third kappa shape index (κ3) is 3.94. The standard InChI is InChI=1S/C16H33N3O/c1-13(2)10-19-8-6-16(12-17,7-9-19)18-15-5-3-4-14(15)11-20/h13-15,18,20H,3-12,17H2,1-2H3. The third-order valence-electron chi connectivity index (χ3n) is 5.21. The molecule has 4 heteroatoms. The Bertz CT molecular complexity index is 287. The van der Waals surface area contributed by atoms with Crippen LogP contribution >= 0.6 is 0 Å². The molecular formula is C16H33N3O. The number of nitrogens with two attached hydrogens (primary N) is 1. The number of nitrogens with zero attached hydrogens (tertiary/aromatic N) is 1. The number of hydrogen-bond acceptors (Lipinski definition) is 4. The number of nitrogens with one attached hydrogen (secondary N) is 1. The van der Waals surface area contributed by atoms with Crippen LogP contribution in [0.3, 0.4) is 0 Å². The zero-order chi connectivity index (χ0) is 14.6. The molecule has 2 fully saturated rings. The summed E-state index contributed by atoms with van der Waals surface area (Å²) < 4.78 is 0. The van der Waals surface area contributed by atoms with E-state index in [1.54, 1.807) is 0 Å². The van der Waals surface area contributed by atoms with Crippen LogP contribution < -0.4 is 11.1 Å². The van der Waals surface area contributed by atoms with Crippen molar-refractivity contribution in [2.45, 2.75) is 57.5 Å². The highest BCUT2D eigenvalue weighted by molar-refractivity contribution is 4.98. The number of piperidine rings is 1. The SMILES string of the molecule is CC(C)CN1CCC(CN)(NC2CCCC2CO)CC1. The van der Waals surface area contributed by atoms with Crippen molar-refractivity contribution in [1.82, 2.24) is 10.2 Å². The lowest BCUT2D eigenvalue weighted by molar-refractivity contribution is 0.105. The van der Waals surface area contributed by atoms with E-state index in [-0.39, 0.29) is 5.54 Å². The van der Waals surface area contributed by atoms with Gasteiger partial charge in [-0.15, -0.1) is 0 Å². The van der Waals surface area contributed by atoms with Crippen molar-refractivity contribution in [3.63, 3.8) is 0 Å². The number of rotatable bonds is 6. The third-order valence-corrected chi connectivity index (χ3v) is 5.21. The molecule has 2 atom stereocenters. The topological polar surface area (TPSA) is 61.5 Å². The van der Waals surface area contributed by atoms with Crippen molar-refractivity contribution in [2.75, 3.05) is 32.8 Å². The van der Waals surface area contributed by atoms with Crippen molar-refractivity contribution in [3.05, 3.63) is 0 Å². The summed E-state index contributed by atoms with van der Waals surface area (Å²) in [6, 6.07) is 0.472. The van der Waals surface area contributed by atoms with Crippen LogP contribution in [0.4, 0.5) is 0 Å². The zero-order valence-electron chi connectivity index (χ0n) is 13.3. The normalized spacial score (nSPS) is 31.1. The molecule has 0 aromatic carbocycles. The molecule has 0 aromatic heterocycles. The van der Waals surface area contributed by atoms with E-state index in [2.05, 4.69) is 24.1 Å². The highest BCUT2D eigenvalue weighted by atomic mass is 16.3. The van der Waals surface area contributed by atoms with Crippen LogP contribution in [0.5, 0.6) is 0 Å². The maximum atomic E-state index is 9.48. The van der Waals surface area contributed by atoms with Crippen LogP contribution in [0.25, 0.3) is 0 Å². The molecule has 2 aliphatic rings. The van der Waals surface area contributed by atoms with E-state index in [1.807, 2.05) is 0 Å². The Balaban J connectivity index is 1.88. The number of aliphatic hydroxyl groups excluding tert-OH is 1. The fourth-order valence-corrected chi connectivity index (χ4v) is 3.93. The Labute approximate surface area is 124 Å². The van der Waals surface area contributed by atoms with Gasteiger partial charge in [0.1, 0.15) is 0 Å². The Kier molecular flexibility index (Phi) is 5.84. The molecule has 1 saturated heterocycles. The first-order chi connectivity index (χ1) is 9.58. The number of hydrogen-bond donors (Lipinski definition) is 3. The van der Waals surface area contributed by atoms with Crippen LogP contribution in [0.2, 0.25) is 0 Å². The van der Waals surface area contributed by atoms with Gasteiger partial charge in [-0.05, 0) is 50.6 Å². The Morgan fingerprint density at radius 3 is 2.55 bits per heavy atom. The zero-order valence-corrected chi connectivity index (χ0v) is 13.3. The van der Waals surface area contributed by atoms with Crippen LogP contribution in [-0.4, -0.2) is 54.4 Å². The van der Waals surface area contributed by atoms with Gasteiger partial charge in [0.05, 0.1) is 0 Å². The molecule has 2 unspecified atom stereocenters. The van der Waals surface area contributed by atoms with Gasteiger partial charge >= 0.3 is 0 Å². The van der Waals surface area contributed by atoms with Crippen molar-refractivity contribution < 1.29 is 5.11 Å². The molecule has 0 spiro atoms. The molecule has 4 N–H and O–H groups in total. The quantitative estimate of drug-likeness (QED) is 0.685. The minimum atomic E-state index is 0.107. The van der Waals surface area contributed by atoms with E-state index in [0.717, 1.165) is 44.8 Å². The first kappa shape index (κ1) is 16.2. The second-order valence-electron chi connectivity index (χ2n) is 7.30. The predicted octanol–water partition coefficient (Wildman–Crippen LogP) is 1.19. The molecule has 4 nitrogen and oxygen atoms in total. The van der Waals surface area contributed by atoms with Crippen LogP contribution in [0.1, 0.15) is 46.0 Å². The Morgan fingerprint density at radius 1 is 1.30 bits per heavy atom. The largest absolute Gasteiger partial charge is 0.396 e. The average Bonchev–Trinajstić information content (AvgIpc) is 2.87. The second kappa shape index (κ2) is 7.21. The second-order valence-corrected chi connectivity index (χ2v) is 7.30. The number of likely N-dealkylation sites (tertiary alicyclic amines) is 1. The molecule has 1 aliphatic heterocycles. The molecule has 2 rings (SSSR count). The van der Waals surface area contributed by atoms with Gasteiger partial charge in [0.25, 0.3) is 0 Å². The van der Waals surface area contributed by atoms with Crippen molar-refractivity contribution in [3.8, 4) is 0 Å². The lowest BCUT2D eigenvalue weighted by Gasteiger charge is -2.44. The molecule has 1 saturated carbocycles. The fourth-order valence-electron chi connectivity index (χ4n) is 3.93. The molecular weight excluding hydrogens is 250 g/mol. The smallest absolute Gasteiger partial charge is 0.0474 e. The summed E-state index contributed by atoms with van der Waals surface area (Å²) in [6.45, 7) is 9.11. The molecule has 118 valence electrons. The van der Waals surface area contributed by atoms with Crippen LogP contribution in [0.15, 0.2) is 0 Å². The highest BCUT2D eigenvalue weighted by Gasteiger charge is 2.38. The summed E-state index contributed by atoms with van der Waals surface area (Å²) in [6.07, 6.45) is 5.88. The molecule has 20 heavy (non-hydrogen) atoms. The molecule has 1 heterocycles. The van der Waals surface area contributed by atoms with Gasteiger partial charge in [-0.2, -0.15) is 0 Å². The van der Waals surface area contributed by atoms with Gasteiger partial charge < -0.3 is 21.1 Å². The summed E-state index contributed by atoms with van der Waals surface area (Å²) in [5.74, 6) is 1.18. The van der Waals surface area contributed by atoms with E-state index >= 15 is 0 Å². The van der Waals surface area contributed by atoms with E-state index < -0.39 is 0 Å². The molecule has 0 radical (unpaired) electrons. The maximum Gasteiger partial charge on any atom is 0.0474 e. The highest BCUT2D eigenvalue weighted by Crippen LogP contribution is 2.30. The fraction of sp³-hybridized carbons (Fsp3) is 1.00. The summed E-state index contributed by atoms with van der Waals surface area (Å²) in [5.41, 5.74) is 6.21. The Hall–Kier alpha value is -0.160. The first-order valence-electron chi connectivity index (χ1n) is 8.39.